The summed E-state index contributed by atoms with van der Waals surface area (Å²) in [5.41, 5.74) is 2.41. The van der Waals surface area contributed by atoms with Crippen molar-refractivity contribution in [2.45, 2.75) is 31.8 Å². The van der Waals surface area contributed by atoms with Crippen LogP contribution >= 0.6 is 15.9 Å². The average molecular weight is 390 g/mol. The highest BCUT2D eigenvalue weighted by atomic mass is 79.9. The van der Waals surface area contributed by atoms with E-state index in [4.69, 9.17) is 0 Å². The lowest BCUT2D eigenvalue weighted by molar-refractivity contribution is -0.123. The van der Waals surface area contributed by atoms with Gasteiger partial charge in [-0.15, -0.1) is 0 Å². The third-order valence-corrected chi connectivity index (χ3v) is 5.31. The van der Waals surface area contributed by atoms with Gasteiger partial charge in [-0.25, -0.2) is 0 Å². The van der Waals surface area contributed by atoms with Gasteiger partial charge in [0, 0.05) is 23.4 Å². The van der Waals surface area contributed by atoms with Crippen molar-refractivity contribution < 1.29 is 4.79 Å². The number of halogens is 1. The first kappa shape index (κ1) is 17.2. The molecule has 24 heavy (non-hydrogen) atoms. The molecule has 1 amide bonds. The third kappa shape index (κ3) is 3.90. The van der Waals surface area contributed by atoms with Gasteiger partial charge in [-0.3, -0.25) is 9.69 Å². The van der Waals surface area contributed by atoms with Crippen LogP contribution < -0.4 is 5.32 Å². The lowest BCUT2D eigenvalue weighted by atomic mass is 10.1. The summed E-state index contributed by atoms with van der Waals surface area (Å²) in [6.07, 6.45) is 4.33. The van der Waals surface area contributed by atoms with Crippen molar-refractivity contribution in [3.05, 3.63) is 58.3 Å². The van der Waals surface area contributed by atoms with Crippen LogP contribution in [0.25, 0.3) is 0 Å². The van der Waals surface area contributed by atoms with Crippen molar-refractivity contribution in [2.24, 2.45) is 7.05 Å². The van der Waals surface area contributed by atoms with E-state index in [-0.39, 0.29) is 11.9 Å². The van der Waals surface area contributed by atoms with Crippen molar-refractivity contribution in [3.8, 4) is 0 Å². The molecule has 0 saturated carbocycles. The number of nitrogens with zero attached hydrogens (tertiary/aromatic N) is 2. The summed E-state index contributed by atoms with van der Waals surface area (Å²) < 4.78 is 3.21. The maximum Gasteiger partial charge on any atom is 0.234 e. The molecule has 2 heterocycles. The second kappa shape index (κ2) is 7.53. The number of benzene rings is 1. The number of carbonyl (C=O) groups is 1. The molecule has 0 aliphatic carbocycles. The molecule has 1 N–H and O–H groups in total. The third-order valence-electron chi connectivity index (χ3n) is 4.78. The van der Waals surface area contributed by atoms with Gasteiger partial charge >= 0.3 is 0 Å². The van der Waals surface area contributed by atoms with Crippen molar-refractivity contribution in [2.75, 3.05) is 13.1 Å². The first-order valence-corrected chi connectivity index (χ1v) is 9.24. The van der Waals surface area contributed by atoms with Crippen molar-refractivity contribution in [3.63, 3.8) is 0 Å². The summed E-state index contributed by atoms with van der Waals surface area (Å²) in [5, 5.41) is 3.12. The number of carbonyl (C=O) groups excluding carboxylic acids is 1. The minimum Gasteiger partial charge on any atom is -0.353 e. The van der Waals surface area contributed by atoms with Gasteiger partial charge in [0.05, 0.1) is 18.6 Å². The molecule has 2 aromatic rings. The Labute approximate surface area is 152 Å². The fourth-order valence-corrected chi connectivity index (χ4v) is 3.74. The summed E-state index contributed by atoms with van der Waals surface area (Å²) >= 11 is 3.44. The number of hydrogen-bond acceptors (Lipinski definition) is 2. The molecule has 2 atom stereocenters. The lowest BCUT2D eigenvalue weighted by Gasteiger charge is -2.25. The minimum absolute atomic E-state index is 0.0155. The molecule has 0 bridgehead atoms. The van der Waals surface area contributed by atoms with Gasteiger partial charge in [-0.1, -0.05) is 28.1 Å². The molecule has 2 unspecified atom stereocenters. The maximum atomic E-state index is 12.5. The quantitative estimate of drug-likeness (QED) is 0.843. The van der Waals surface area contributed by atoms with Crippen LogP contribution in [-0.4, -0.2) is 28.5 Å². The Morgan fingerprint density at radius 3 is 2.75 bits per heavy atom. The number of hydrogen-bond donors (Lipinski definition) is 1. The monoisotopic (exact) mass is 389 g/mol. The molecular weight excluding hydrogens is 366 g/mol. The lowest BCUT2D eigenvalue weighted by Crippen LogP contribution is -2.38. The summed E-state index contributed by atoms with van der Waals surface area (Å²) in [4.78, 5) is 14.8. The van der Waals surface area contributed by atoms with Crippen LogP contribution in [-0.2, 0) is 11.8 Å². The predicted molar refractivity (Wildman–Crippen MR) is 99.7 cm³/mol. The molecular formula is C19H24BrN3O. The molecule has 1 aliphatic rings. The number of aromatic nitrogens is 1. The number of likely N-dealkylation sites (tertiary alicyclic amines) is 1. The normalized spacial score (nSPS) is 19.4. The first-order chi connectivity index (χ1) is 11.5. The van der Waals surface area contributed by atoms with Gasteiger partial charge in [-0.05, 0) is 56.1 Å². The van der Waals surface area contributed by atoms with Crippen LogP contribution in [0.2, 0.25) is 0 Å². The van der Waals surface area contributed by atoms with Gasteiger partial charge in [-0.2, -0.15) is 0 Å². The van der Waals surface area contributed by atoms with Gasteiger partial charge in [0.2, 0.25) is 5.91 Å². The van der Waals surface area contributed by atoms with Crippen molar-refractivity contribution >= 4 is 21.8 Å². The van der Waals surface area contributed by atoms with Crippen LogP contribution in [0.3, 0.4) is 0 Å². The highest BCUT2D eigenvalue weighted by Gasteiger charge is 2.29. The Bertz CT molecular complexity index is 695. The Hall–Kier alpha value is -1.59. The Balaban J connectivity index is 1.60. The summed E-state index contributed by atoms with van der Waals surface area (Å²) in [6, 6.07) is 12.7. The second-order valence-electron chi connectivity index (χ2n) is 6.51. The standard InChI is InChI=1S/C19H24BrN3O/c1-14(15-7-9-16(20)10-8-15)21-19(24)13-23-12-4-6-18(23)17-5-3-11-22(17)2/h3,5,7-11,14,18H,4,6,12-13H2,1-2H3,(H,21,24). The van der Waals surface area contributed by atoms with E-state index in [0.717, 1.165) is 29.4 Å². The second-order valence-corrected chi connectivity index (χ2v) is 7.43. The van der Waals surface area contributed by atoms with Crippen LogP contribution in [0.15, 0.2) is 47.1 Å². The summed E-state index contributed by atoms with van der Waals surface area (Å²) in [7, 11) is 2.07. The van der Waals surface area contributed by atoms with Gasteiger partial charge in [0.25, 0.3) is 0 Å². The van der Waals surface area contributed by atoms with Gasteiger partial charge in [0.15, 0.2) is 0 Å². The number of nitrogens with one attached hydrogen (secondary N) is 1. The van der Waals surface area contributed by atoms with Crippen LogP contribution in [0.4, 0.5) is 0 Å². The van der Waals surface area contributed by atoms with E-state index in [1.54, 1.807) is 0 Å². The van der Waals surface area contributed by atoms with Gasteiger partial charge < -0.3 is 9.88 Å². The molecule has 1 saturated heterocycles. The zero-order valence-corrected chi connectivity index (χ0v) is 15.8. The van der Waals surface area contributed by atoms with E-state index in [9.17, 15) is 4.79 Å². The fourth-order valence-electron chi connectivity index (χ4n) is 3.48. The van der Waals surface area contributed by atoms with E-state index in [2.05, 4.69) is 56.1 Å². The fraction of sp³-hybridized carbons (Fsp3) is 0.421. The zero-order chi connectivity index (χ0) is 17.1. The van der Waals surface area contributed by atoms with E-state index < -0.39 is 0 Å². The topological polar surface area (TPSA) is 37.3 Å². The highest BCUT2D eigenvalue weighted by molar-refractivity contribution is 9.10. The van der Waals surface area contributed by atoms with E-state index in [1.807, 2.05) is 31.2 Å². The first-order valence-electron chi connectivity index (χ1n) is 8.44. The van der Waals surface area contributed by atoms with Crippen LogP contribution in [0.1, 0.15) is 43.1 Å². The SMILES string of the molecule is CC(NC(=O)CN1CCCC1c1cccn1C)c1ccc(Br)cc1. The Kier molecular flexibility index (Phi) is 5.41. The summed E-state index contributed by atoms with van der Waals surface area (Å²) in [5.74, 6) is 0.0894. The molecule has 128 valence electrons. The Morgan fingerprint density at radius 1 is 1.33 bits per heavy atom. The molecule has 1 aromatic heterocycles. The zero-order valence-electron chi connectivity index (χ0n) is 14.2. The smallest absolute Gasteiger partial charge is 0.234 e. The van der Waals surface area contributed by atoms with Crippen molar-refractivity contribution in [1.29, 1.82) is 0 Å². The predicted octanol–water partition coefficient (Wildman–Crippen LogP) is 3.80. The molecule has 3 rings (SSSR count). The maximum absolute atomic E-state index is 12.5. The molecule has 5 heteroatoms. The molecule has 0 radical (unpaired) electrons. The van der Waals surface area contributed by atoms with E-state index in [1.165, 1.54) is 5.69 Å². The minimum atomic E-state index is 0.0155. The molecule has 1 aromatic carbocycles. The largest absolute Gasteiger partial charge is 0.353 e. The number of aryl methyl sites for hydroxylation is 1. The van der Waals surface area contributed by atoms with E-state index >= 15 is 0 Å². The molecule has 1 fully saturated rings. The van der Waals surface area contributed by atoms with Gasteiger partial charge in [0.1, 0.15) is 0 Å². The van der Waals surface area contributed by atoms with E-state index in [0.29, 0.717) is 12.6 Å². The van der Waals surface area contributed by atoms with Crippen LogP contribution in [0, 0.1) is 0 Å². The van der Waals surface area contributed by atoms with Crippen LogP contribution in [0.5, 0.6) is 0 Å². The number of amides is 1. The molecule has 1 aliphatic heterocycles. The van der Waals surface area contributed by atoms with Crippen molar-refractivity contribution in [1.82, 2.24) is 14.8 Å². The molecule has 4 nitrogen and oxygen atoms in total. The highest BCUT2D eigenvalue weighted by Crippen LogP contribution is 2.31. The summed E-state index contributed by atoms with van der Waals surface area (Å²) in [6.45, 7) is 3.46. The average Bonchev–Trinajstić information content (AvgIpc) is 3.16. The Morgan fingerprint density at radius 2 is 2.08 bits per heavy atom. The number of rotatable bonds is 5. The molecule has 0 spiro atoms.